The average molecular weight is 313 g/mol. The van der Waals surface area contributed by atoms with Crippen LogP contribution in [0.25, 0.3) is 0 Å². The minimum absolute atomic E-state index is 0.381. The van der Waals surface area contributed by atoms with Crippen LogP contribution in [0.1, 0.15) is 35.3 Å². The van der Waals surface area contributed by atoms with Crippen molar-refractivity contribution in [2.75, 3.05) is 6.61 Å². The zero-order valence-corrected chi connectivity index (χ0v) is 13.8. The number of carbonyl (C=O) groups excluding carboxylic acids is 1. The topological polar surface area (TPSA) is 61.6 Å². The second-order valence-corrected chi connectivity index (χ2v) is 5.98. The zero-order chi connectivity index (χ0) is 16.8. The Balaban J connectivity index is 2.16. The lowest BCUT2D eigenvalue weighted by Crippen LogP contribution is -2.12. The molecule has 122 valence electrons. The summed E-state index contributed by atoms with van der Waals surface area (Å²) < 4.78 is 11.5. The Morgan fingerprint density at radius 1 is 1.09 bits per heavy atom. The standard InChI is InChI=1S/C19H23NO3/c1-13(2)11-22-17-8-16(19(20)21)9-18(10-17)23-12-15-7-5-4-6-14(15)3/h4-10,13H,11-12H2,1-3H3,(H2,20,21). The summed E-state index contributed by atoms with van der Waals surface area (Å²) in [4.78, 5) is 11.5. The van der Waals surface area contributed by atoms with Gasteiger partial charge in [0.05, 0.1) is 6.61 Å². The van der Waals surface area contributed by atoms with E-state index in [2.05, 4.69) is 13.8 Å². The van der Waals surface area contributed by atoms with Gasteiger partial charge in [-0.15, -0.1) is 0 Å². The van der Waals surface area contributed by atoms with Gasteiger partial charge in [0.25, 0.3) is 0 Å². The number of nitrogens with two attached hydrogens (primary N) is 1. The molecule has 4 nitrogen and oxygen atoms in total. The summed E-state index contributed by atoms with van der Waals surface area (Å²) in [5.74, 6) is 1.06. The van der Waals surface area contributed by atoms with Crippen molar-refractivity contribution in [1.29, 1.82) is 0 Å². The second kappa shape index (κ2) is 7.68. The third-order valence-corrected chi connectivity index (χ3v) is 3.40. The molecular weight excluding hydrogens is 290 g/mol. The van der Waals surface area contributed by atoms with Crippen molar-refractivity contribution in [3.63, 3.8) is 0 Å². The van der Waals surface area contributed by atoms with Crippen molar-refractivity contribution in [2.24, 2.45) is 11.7 Å². The molecule has 4 heteroatoms. The van der Waals surface area contributed by atoms with Crippen molar-refractivity contribution in [1.82, 2.24) is 0 Å². The monoisotopic (exact) mass is 313 g/mol. The molecule has 2 N–H and O–H groups in total. The molecule has 1 amide bonds. The zero-order valence-electron chi connectivity index (χ0n) is 13.8. The summed E-state index contributed by atoms with van der Waals surface area (Å²) in [5.41, 5.74) is 8.03. The quantitative estimate of drug-likeness (QED) is 0.847. The maximum atomic E-state index is 11.5. The highest BCUT2D eigenvalue weighted by atomic mass is 16.5. The fraction of sp³-hybridized carbons (Fsp3) is 0.316. The molecule has 0 fully saturated rings. The van der Waals surface area contributed by atoms with Crippen LogP contribution in [-0.2, 0) is 6.61 Å². The van der Waals surface area contributed by atoms with Gasteiger partial charge in [-0.1, -0.05) is 38.1 Å². The van der Waals surface area contributed by atoms with Gasteiger partial charge in [0.1, 0.15) is 18.1 Å². The molecule has 23 heavy (non-hydrogen) atoms. The van der Waals surface area contributed by atoms with Crippen molar-refractivity contribution >= 4 is 5.91 Å². The molecule has 0 unspecified atom stereocenters. The Morgan fingerprint density at radius 3 is 2.35 bits per heavy atom. The number of rotatable bonds is 7. The number of carbonyl (C=O) groups is 1. The van der Waals surface area contributed by atoms with Crippen molar-refractivity contribution in [3.8, 4) is 11.5 Å². The van der Waals surface area contributed by atoms with Gasteiger partial charge >= 0.3 is 0 Å². The summed E-state index contributed by atoms with van der Waals surface area (Å²) >= 11 is 0. The van der Waals surface area contributed by atoms with E-state index in [-0.39, 0.29) is 0 Å². The minimum Gasteiger partial charge on any atom is -0.493 e. The first kappa shape index (κ1) is 16.9. The van der Waals surface area contributed by atoms with Crippen LogP contribution >= 0.6 is 0 Å². The van der Waals surface area contributed by atoms with Gasteiger partial charge in [-0.25, -0.2) is 0 Å². The predicted molar refractivity (Wildman–Crippen MR) is 90.8 cm³/mol. The van der Waals surface area contributed by atoms with Crippen molar-refractivity contribution < 1.29 is 14.3 Å². The highest BCUT2D eigenvalue weighted by molar-refractivity contribution is 5.93. The van der Waals surface area contributed by atoms with Gasteiger partial charge in [-0.2, -0.15) is 0 Å². The van der Waals surface area contributed by atoms with E-state index in [9.17, 15) is 4.79 Å². The van der Waals surface area contributed by atoms with Crippen LogP contribution in [0.4, 0.5) is 0 Å². The predicted octanol–water partition coefficient (Wildman–Crippen LogP) is 3.71. The van der Waals surface area contributed by atoms with Crippen LogP contribution in [-0.4, -0.2) is 12.5 Å². The lowest BCUT2D eigenvalue weighted by atomic mass is 10.1. The molecule has 0 heterocycles. The van der Waals surface area contributed by atoms with E-state index in [0.29, 0.717) is 36.2 Å². The molecule has 0 aromatic heterocycles. The fourth-order valence-electron chi connectivity index (χ4n) is 2.08. The van der Waals surface area contributed by atoms with E-state index in [1.807, 2.05) is 31.2 Å². The number of primary amides is 1. The van der Waals surface area contributed by atoms with Crippen LogP contribution in [0.15, 0.2) is 42.5 Å². The highest BCUT2D eigenvalue weighted by Crippen LogP contribution is 2.24. The molecule has 0 bridgehead atoms. The van der Waals surface area contributed by atoms with Gasteiger partial charge in [0.2, 0.25) is 5.91 Å². The smallest absolute Gasteiger partial charge is 0.248 e. The van der Waals surface area contributed by atoms with Crippen molar-refractivity contribution in [3.05, 3.63) is 59.2 Å². The van der Waals surface area contributed by atoms with Crippen LogP contribution < -0.4 is 15.2 Å². The van der Waals surface area contributed by atoms with E-state index in [0.717, 1.165) is 11.1 Å². The molecule has 0 aliphatic rings. The molecule has 0 aliphatic heterocycles. The van der Waals surface area contributed by atoms with Gasteiger partial charge in [-0.05, 0) is 36.1 Å². The summed E-state index contributed by atoms with van der Waals surface area (Å²) in [6.07, 6.45) is 0. The molecule has 2 aromatic rings. The van der Waals surface area contributed by atoms with Gasteiger partial charge < -0.3 is 15.2 Å². The number of hydrogen-bond donors (Lipinski definition) is 1. The molecule has 0 saturated heterocycles. The van der Waals surface area contributed by atoms with Crippen LogP contribution in [0, 0.1) is 12.8 Å². The minimum atomic E-state index is -0.499. The van der Waals surface area contributed by atoms with Crippen LogP contribution in [0.5, 0.6) is 11.5 Å². The number of benzene rings is 2. The van der Waals surface area contributed by atoms with Crippen LogP contribution in [0.2, 0.25) is 0 Å². The number of ether oxygens (including phenoxy) is 2. The third-order valence-electron chi connectivity index (χ3n) is 3.40. The number of aryl methyl sites for hydroxylation is 1. The SMILES string of the molecule is Cc1ccccc1COc1cc(OCC(C)C)cc(C(N)=O)c1. The van der Waals surface area contributed by atoms with Gasteiger partial charge in [0.15, 0.2) is 0 Å². The molecule has 0 radical (unpaired) electrons. The molecule has 0 atom stereocenters. The number of hydrogen-bond acceptors (Lipinski definition) is 3. The first-order valence-electron chi connectivity index (χ1n) is 7.70. The maximum Gasteiger partial charge on any atom is 0.248 e. The largest absolute Gasteiger partial charge is 0.493 e. The van der Waals surface area contributed by atoms with Crippen molar-refractivity contribution in [2.45, 2.75) is 27.4 Å². The number of amides is 1. The van der Waals surface area contributed by atoms with E-state index in [1.165, 1.54) is 0 Å². The summed E-state index contributed by atoms with van der Waals surface area (Å²) in [5, 5.41) is 0. The third kappa shape index (κ3) is 5.02. The fourth-order valence-corrected chi connectivity index (χ4v) is 2.08. The first-order chi connectivity index (χ1) is 11.0. The van der Waals surface area contributed by atoms with E-state index in [1.54, 1.807) is 18.2 Å². The molecular formula is C19H23NO3. The lowest BCUT2D eigenvalue weighted by molar-refractivity contribution is 0.0999. The van der Waals surface area contributed by atoms with Gasteiger partial charge in [0, 0.05) is 11.6 Å². The Bertz CT molecular complexity index is 680. The Hall–Kier alpha value is -2.49. The highest BCUT2D eigenvalue weighted by Gasteiger charge is 2.09. The van der Waals surface area contributed by atoms with E-state index < -0.39 is 5.91 Å². The lowest BCUT2D eigenvalue weighted by Gasteiger charge is -2.13. The maximum absolute atomic E-state index is 11.5. The van der Waals surface area contributed by atoms with Crippen LogP contribution in [0.3, 0.4) is 0 Å². The first-order valence-corrected chi connectivity index (χ1v) is 7.70. The Morgan fingerprint density at radius 2 is 1.74 bits per heavy atom. The molecule has 0 aliphatic carbocycles. The second-order valence-electron chi connectivity index (χ2n) is 5.98. The molecule has 0 saturated carbocycles. The summed E-state index contributed by atoms with van der Waals surface area (Å²) in [7, 11) is 0. The summed E-state index contributed by atoms with van der Waals surface area (Å²) in [6, 6.07) is 13.1. The van der Waals surface area contributed by atoms with E-state index >= 15 is 0 Å². The normalized spacial score (nSPS) is 10.6. The van der Waals surface area contributed by atoms with E-state index in [4.69, 9.17) is 15.2 Å². The van der Waals surface area contributed by atoms with Gasteiger partial charge in [-0.3, -0.25) is 4.79 Å². The average Bonchev–Trinajstić information content (AvgIpc) is 2.52. The Labute approximate surface area is 137 Å². The summed E-state index contributed by atoms with van der Waals surface area (Å²) in [6.45, 7) is 7.16. The molecule has 2 rings (SSSR count). The Kier molecular flexibility index (Phi) is 5.63. The molecule has 2 aromatic carbocycles. The molecule has 0 spiro atoms.